The fourth-order valence-electron chi connectivity index (χ4n) is 0.379. The Kier molecular flexibility index (Phi) is 5.02. The average molecular weight is 169 g/mol. The number of carboxylic acids is 1. The predicted molar refractivity (Wildman–Crippen MR) is 39.2 cm³/mol. The lowest BCUT2D eigenvalue weighted by molar-refractivity contribution is -0.138. The minimum absolute atomic E-state index is 0.00765. The van der Waals surface area contributed by atoms with Gasteiger partial charge in [0.2, 0.25) is 6.54 Å². The predicted octanol–water partition coefficient (Wildman–Crippen LogP) is 0.0897. The summed E-state index contributed by atoms with van der Waals surface area (Å²) >= 11 is 0. The van der Waals surface area contributed by atoms with E-state index in [-0.39, 0.29) is 13.2 Å². The van der Waals surface area contributed by atoms with Gasteiger partial charge < -0.3 is 14.7 Å². The topological polar surface area (TPSA) is 68.0 Å². The highest BCUT2D eigenvalue weighted by Crippen LogP contribution is 1.82. The SMILES string of the molecule is [C-]#[N+]CCOC(=O)/C=C/C(=O)O. The summed E-state index contributed by atoms with van der Waals surface area (Å²) in [5, 5.41) is 8.09. The molecule has 0 heterocycles. The number of aliphatic carboxylic acids is 1. The Bertz CT molecular complexity index is 238. The first kappa shape index (κ1) is 10.2. The molecule has 0 spiro atoms. The van der Waals surface area contributed by atoms with Crippen molar-refractivity contribution in [3.8, 4) is 0 Å². The molecule has 64 valence electrons. The Hall–Kier alpha value is -1.83. The molecule has 0 aliphatic heterocycles. The number of carboxylic acid groups (broad SMARTS) is 1. The standard InChI is InChI=1S/C7H7NO4/c1-8-4-5-12-7(11)3-2-6(9)10/h2-3H,4-5H2,(H,9,10)/b3-2+. The van der Waals surface area contributed by atoms with Gasteiger partial charge in [-0.1, -0.05) is 0 Å². The minimum atomic E-state index is -1.21. The maximum absolute atomic E-state index is 10.5. The summed E-state index contributed by atoms with van der Waals surface area (Å²) in [6.07, 6.45) is 1.48. The van der Waals surface area contributed by atoms with Crippen LogP contribution in [0.25, 0.3) is 4.85 Å². The van der Waals surface area contributed by atoms with Gasteiger partial charge in [-0.05, 0) is 0 Å². The van der Waals surface area contributed by atoms with Crippen LogP contribution in [0, 0.1) is 6.57 Å². The van der Waals surface area contributed by atoms with Gasteiger partial charge in [0.25, 0.3) is 0 Å². The molecule has 0 aromatic heterocycles. The molecule has 0 fully saturated rings. The Labute approximate surface area is 69.1 Å². The fraction of sp³-hybridized carbons (Fsp3) is 0.286. The Morgan fingerprint density at radius 1 is 1.50 bits per heavy atom. The lowest BCUT2D eigenvalue weighted by Gasteiger charge is -1.93. The van der Waals surface area contributed by atoms with E-state index in [9.17, 15) is 9.59 Å². The van der Waals surface area contributed by atoms with E-state index < -0.39 is 11.9 Å². The normalized spacial score (nSPS) is 9.25. The first-order chi connectivity index (χ1) is 5.66. The fourth-order valence-corrected chi connectivity index (χ4v) is 0.379. The molecular weight excluding hydrogens is 162 g/mol. The number of hydrogen-bond donors (Lipinski definition) is 1. The molecule has 0 saturated heterocycles. The van der Waals surface area contributed by atoms with Gasteiger partial charge in [0.15, 0.2) is 6.61 Å². The van der Waals surface area contributed by atoms with Crippen LogP contribution in [0.4, 0.5) is 0 Å². The van der Waals surface area contributed by atoms with Crippen LogP contribution in [0.15, 0.2) is 12.2 Å². The molecule has 5 heteroatoms. The quantitative estimate of drug-likeness (QED) is 0.280. The van der Waals surface area contributed by atoms with Crippen LogP contribution in [-0.4, -0.2) is 30.2 Å². The second-order valence-electron chi connectivity index (χ2n) is 1.72. The van der Waals surface area contributed by atoms with E-state index in [0.717, 1.165) is 6.08 Å². The highest BCUT2D eigenvalue weighted by molar-refractivity contribution is 5.90. The van der Waals surface area contributed by atoms with Crippen LogP contribution < -0.4 is 0 Å². The lowest BCUT2D eigenvalue weighted by atomic mass is 10.5. The third-order valence-electron chi connectivity index (χ3n) is 0.809. The molecule has 0 bridgehead atoms. The van der Waals surface area contributed by atoms with Crippen LogP contribution >= 0.6 is 0 Å². The van der Waals surface area contributed by atoms with Gasteiger partial charge in [-0.2, -0.15) is 0 Å². The van der Waals surface area contributed by atoms with Crippen LogP contribution in [0.1, 0.15) is 0 Å². The Morgan fingerprint density at radius 3 is 2.67 bits per heavy atom. The van der Waals surface area contributed by atoms with Gasteiger partial charge in [0, 0.05) is 12.2 Å². The summed E-state index contributed by atoms with van der Waals surface area (Å²) in [4.78, 5) is 23.4. The zero-order chi connectivity index (χ0) is 9.40. The van der Waals surface area contributed by atoms with Crippen molar-refractivity contribution in [1.82, 2.24) is 0 Å². The zero-order valence-electron chi connectivity index (χ0n) is 6.19. The number of esters is 1. The van der Waals surface area contributed by atoms with Crippen molar-refractivity contribution >= 4 is 11.9 Å². The molecule has 0 rings (SSSR count). The van der Waals surface area contributed by atoms with Crippen LogP contribution in [0.5, 0.6) is 0 Å². The lowest BCUT2D eigenvalue weighted by Crippen LogP contribution is -2.04. The molecule has 0 aromatic rings. The number of ether oxygens (including phenoxy) is 1. The number of carbonyl (C=O) groups is 2. The van der Waals surface area contributed by atoms with Gasteiger partial charge >= 0.3 is 11.9 Å². The van der Waals surface area contributed by atoms with E-state index in [4.69, 9.17) is 11.7 Å². The van der Waals surface area contributed by atoms with E-state index in [1.807, 2.05) is 0 Å². The molecule has 0 aromatic carbocycles. The molecule has 0 aliphatic rings. The van der Waals surface area contributed by atoms with Gasteiger partial charge in [-0.15, -0.1) is 0 Å². The van der Waals surface area contributed by atoms with E-state index in [1.54, 1.807) is 0 Å². The van der Waals surface area contributed by atoms with Crippen molar-refractivity contribution in [3.63, 3.8) is 0 Å². The third-order valence-corrected chi connectivity index (χ3v) is 0.809. The summed E-state index contributed by atoms with van der Waals surface area (Å²) in [5.41, 5.74) is 0. The second-order valence-corrected chi connectivity index (χ2v) is 1.72. The van der Waals surface area contributed by atoms with Crippen LogP contribution in [0.2, 0.25) is 0 Å². The molecule has 12 heavy (non-hydrogen) atoms. The summed E-state index contributed by atoms with van der Waals surface area (Å²) in [6, 6.07) is 0. The molecular formula is C7H7NO4. The molecule has 0 unspecified atom stereocenters. The molecule has 0 radical (unpaired) electrons. The highest BCUT2D eigenvalue weighted by Gasteiger charge is 1.97. The van der Waals surface area contributed by atoms with Gasteiger partial charge in [-0.3, -0.25) is 0 Å². The molecule has 0 saturated carbocycles. The van der Waals surface area contributed by atoms with Crippen LogP contribution in [-0.2, 0) is 14.3 Å². The third kappa shape index (κ3) is 6.29. The Balaban J connectivity index is 3.61. The summed E-state index contributed by atoms with van der Waals surface area (Å²) in [5.74, 6) is -1.96. The van der Waals surface area contributed by atoms with Gasteiger partial charge in [0.05, 0.1) is 0 Å². The van der Waals surface area contributed by atoms with E-state index in [1.165, 1.54) is 0 Å². The maximum Gasteiger partial charge on any atom is 0.331 e. The molecule has 1 N–H and O–H groups in total. The second kappa shape index (κ2) is 5.92. The summed E-state index contributed by atoms with van der Waals surface area (Å²) in [6.45, 7) is 6.42. The Morgan fingerprint density at radius 2 is 2.17 bits per heavy atom. The average Bonchev–Trinajstić information content (AvgIpc) is 2.01. The molecule has 0 amide bonds. The minimum Gasteiger partial charge on any atom is -0.478 e. The van der Waals surface area contributed by atoms with Crippen molar-refractivity contribution in [2.45, 2.75) is 0 Å². The maximum atomic E-state index is 10.5. The zero-order valence-corrected chi connectivity index (χ0v) is 6.19. The number of carbonyl (C=O) groups excluding carboxylic acids is 1. The first-order valence-corrected chi connectivity index (χ1v) is 3.08. The molecule has 0 atom stereocenters. The molecule has 0 aliphatic carbocycles. The molecule has 5 nitrogen and oxygen atoms in total. The van der Waals surface area contributed by atoms with Gasteiger partial charge in [0.1, 0.15) is 0 Å². The summed E-state index contributed by atoms with van der Waals surface area (Å²) in [7, 11) is 0. The first-order valence-electron chi connectivity index (χ1n) is 3.08. The van der Waals surface area contributed by atoms with Crippen LogP contribution in [0.3, 0.4) is 0 Å². The van der Waals surface area contributed by atoms with E-state index >= 15 is 0 Å². The van der Waals surface area contributed by atoms with Crippen molar-refractivity contribution in [2.75, 3.05) is 13.2 Å². The van der Waals surface area contributed by atoms with E-state index in [0.29, 0.717) is 6.08 Å². The largest absolute Gasteiger partial charge is 0.478 e. The van der Waals surface area contributed by atoms with E-state index in [2.05, 4.69) is 9.58 Å². The number of hydrogen-bond acceptors (Lipinski definition) is 3. The highest BCUT2D eigenvalue weighted by atomic mass is 16.5. The van der Waals surface area contributed by atoms with Crippen molar-refractivity contribution in [1.29, 1.82) is 0 Å². The number of nitrogens with zero attached hydrogens (tertiary/aromatic N) is 1. The number of rotatable bonds is 4. The smallest absolute Gasteiger partial charge is 0.331 e. The van der Waals surface area contributed by atoms with Crippen molar-refractivity contribution < 1.29 is 19.4 Å². The van der Waals surface area contributed by atoms with Gasteiger partial charge in [-0.25, -0.2) is 16.2 Å². The monoisotopic (exact) mass is 169 g/mol. The summed E-state index contributed by atoms with van der Waals surface area (Å²) < 4.78 is 4.43. The van der Waals surface area contributed by atoms with Crippen molar-refractivity contribution in [3.05, 3.63) is 23.6 Å². The van der Waals surface area contributed by atoms with Crippen molar-refractivity contribution in [2.24, 2.45) is 0 Å².